The first-order valence-corrected chi connectivity index (χ1v) is 6.78. The molecule has 0 spiro atoms. The van der Waals surface area contributed by atoms with Crippen molar-refractivity contribution in [1.82, 2.24) is 0 Å². The Labute approximate surface area is 120 Å². The minimum Gasteiger partial charge on any atom is -0.366 e. The minimum absolute atomic E-state index is 0.0393. The molecule has 0 fully saturated rings. The molecule has 2 rings (SSSR count). The van der Waals surface area contributed by atoms with E-state index in [0.29, 0.717) is 6.54 Å². The number of halogens is 1. The molecule has 0 saturated carbocycles. The van der Waals surface area contributed by atoms with Crippen LogP contribution in [0.2, 0.25) is 0 Å². The summed E-state index contributed by atoms with van der Waals surface area (Å²) in [7, 11) is 1.95. The lowest BCUT2D eigenvalue weighted by Crippen LogP contribution is -2.31. The fourth-order valence-corrected chi connectivity index (χ4v) is 2.57. The topological polar surface area (TPSA) is 29.3 Å². The number of aryl methyl sites for hydroxylation is 2. The largest absolute Gasteiger partial charge is 0.366 e. The summed E-state index contributed by atoms with van der Waals surface area (Å²) in [6.45, 7) is 4.64. The third-order valence-electron chi connectivity index (χ3n) is 3.69. The van der Waals surface area contributed by atoms with E-state index in [2.05, 4.69) is 32.0 Å². The fraction of sp³-hybridized carbons (Fsp3) is 0.294. The molecule has 2 N–H and O–H groups in total. The maximum absolute atomic E-state index is 13.4. The summed E-state index contributed by atoms with van der Waals surface area (Å²) in [5.74, 6) is -0.231. The molecule has 0 radical (unpaired) electrons. The Balaban J connectivity index is 2.36. The molecule has 0 aromatic heterocycles. The van der Waals surface area contributed by atoms with Gasteiger partial charge in [0.1, 0.15) is 5.82 Å². The highest BCUT2D eigenvalue weighted by molar-refractivity contribution is 5.49. The van der Waals surface area contributed by atoms with Crippen molar-refractivity contribution < 1.29 is 4.39 Å². The third-order valence-corrected chi connectivity index (χ3v) is 3.69. The summed E-state index contributed by atoms with van der Waals surface area (Å²) in [4.78, 5) is 2.03. The van der Waals surface area contributed by atoms with Crippen LogP contribution >= 0.6 is 0 Å². The number of nitrogens with zero attached hydrogens (tertiary/aromatic N) is 1. The lowest BCUT2D eigenvalue weighted by molar-refractivity contribution is 0.622. The van der Waals surface area contributed by atoms with E-state index in [1.165, 1.54) is 28.8 Å². The summed E-state index contributed by atoms with van der Waals surface area (Å²) in [5.41, 5.74) is 10.4. The van der Waals surface area contributed by atoms with Gasteiger partial charge in [-0.05, 0) is 43.2 Å². The van der Waals surface area contributed by atoms with Crippen LogP contribution in [0.5, 0.6) is 0 Å². The molecule has 0 aliphatic carbocycles. The van der Waals surface area contributed by atoms with E-state index in [1.807, 2.05) is 18.0 Å². The lowest BCUT2D eigenvalue weighted by atomic mass is 9.98. The zero-order chi connectivity index (χ0) is 14.7. The highest BCUT2D eigenvalue weighted by atomic mass is 19.1. The van der Waals surface area contributed by atoms with Gasteiger partial charge in [0.15, 0.2) is 0 Å². The van der Waals surface area contributed by atoms with Gasteiger partial charge in [0.25, 0.3) is 0 Å². The standard InChI is InChI=1S/C17H21FN2/c1-12-7-8-16(13(2)9-12)17(11-19)20(3)15-6-4-5-14(18)10-15/h4-10,17H,11,19H2,1-3H3. The van der Waals surface area contributed by atoms with Crippen molar-refractivity contribution in [1.29, 1.82) is 0 Å². The van der Waals surface area contributed by atoms with E-state index in [4.69, 9.17) is 5.73 Å². The Kier molecular flexibility index (Phi) is 4.40. The van der Waals surface area contributed by atoms with Gasteiger partial charge >= 0.3 is 0 Å². The van der Waals surface area contributed by atoms with Gasteiger partial charge in [-0.25, -0.2) is 4.39 Å². The molecule has 0 bridgehead atoms. The monoisotopic (exact) mass is 272 g/mol. The van der Waals surface area contributed by atoms with Crippen LogP contribution in [0.25, 0.3) is 0 Å². The first-order valence-electron chi connectivity index (χ1n) is 6.78. The van der Waals surface area contributed by atoms with E-state index >= 15 is 0 Å². The molecule has 0 heterocycles. The van der Waals surface area contributed by atoms with Gasteiger partial charge in [-0.15, -0.1) is 0 Å². The summed E-state index contributed by atoms with van der Waals surface area (Å²) in [5, 5.41) is 0. The van der Waals surface area contributed by atoms with Gasteiger partial charge in [-0.1, -0.05) is 29.8 Å². The number of likely N-dealkylation sites (N-methyl/N-ethyl adjacent to an activating group) is 1. The van der Waals surface area contributed by atoms with Crippen molar-refractivity contribution in [3.05, 3.63) is 65.0 Å². The number of anilines is 1. The fourth-order valence-electron chi connectivity index (χ4n) is 2.57. The van der Waals surface area contributed by atoms with Crippen LogP contribution in [0.1, 0.15) is 22.7 Å². The average Bonchev–Trinajstić information content (AvgIpc) is 2.41. The molecule has 3 heteroatoms. The quantitative estimate of drug-likeness (QED) is 0.921. The first-order chi connectivity index (χ1) is 9.52. The Morgan fingerprint density at radius 1 is 1.15 bits per heavy atom. The SMILES string of the molecule is Cc1ccc(C(CN)N(C)c2cccc(F)c2)c(C)c1. The summed E-state index contributed by atoms with van der Waals surface area (Å²) >= 11 is 0. The highest BCUT2D eigenvalue weighted by Crippen LogP contribution is 2.27. The molecule has 106 valence electrons. The van der Waals surface area contributed by atoms with Crippen molar-refractivity contribution >= 4 is 5.69 Å². The molecule has 1 unspecified atom stereocenters. The van der Waals surface area contributed by atoms with Crippen LogP contribution in [0.15, 0.2) is 42.5 Å². The molecule has 0 amide bonds. The lowest BCUT2D eigenvalue weighted by Gasteiger charge is -2.30. The van der Waals surface area contributed by atoms with E-state index in [9.17, 15) is 4.39 Å². The Morgan fingerprint density at radius 3 is 2.50 bits per heavy atom. The maximum atomic E-state index is 13.4. The van der Waals surface area contributed by atoms with Crippen molar-refractivity contribution in [3.63, 3.8) is 0 Å². The van der Waals surface area contributed by atoms with Gasteiger partial charge < -0.3 is 10.6 Å². The molecular formula is C17H21FN2. The van der Waals surface area contributed by atoms with E-state index in [-0.39, 0.29) is 11.9 Å². The predicted molar refractivity (Wildman–Crippen MR) is 82.5 cm³/mol. The first kappa shape index (κ1) is 14.5. The number of nitrogens with two attached hydrogens (primary N) is 1. The van der Waals surface area contributed by atoms with Crippen LogP contribution in [0.3, 0.4) is 0 Å². The number of benzene rings is 2. The van der Waals surface area contributed by atoms with Gasteiger partial charge in [-0.2, -0.15) is 0 Å². The molecule has 0 saturated heterocycles. The van der Waals surface area contributed by atoms with Crippen LogP contribution < -0.4 is 10.6 Å². The van der Waals surface area contributed by atoms with Crippen LogP contribution in [-0.4, -0.2) is 13.6 Å². The van der Waals surface area contributed by atoms with E-state index in [1.54, 1.807) is 6.07 Å². The third kappa shape index (κ3) is 2.99. The Morgan fingerprint density at radius 2 is 1.90 bits per heavy atom. The van der Waals surface area contributed by atoms with Crippen molar-refractivity contribution in [2.45, 2.75) is 19.9 Å². The van der Waals surface area contributed by atoms with Gasteiger partial charge in [0.2, 0.25) is 0 Å². The van der Waals surface area contributed by atoms with Crippen LogP contribution in [0, 0.1) is 19.7 Å². The second kappa shape index (κ2) is 6.06. The van der Waals surface area contributed by atoms with Gasteiger partial charge in [-0.3, -0.25) is 0 Å². The molecule has 2 aromatic carbocycles. The normalized spacial score (nSPS) is 12.2. The van der Waals surface area contributed by atoms with Crippen molar-refractivity contribution in [2.24, 2.45) is 5.73 Å². The zero-order valence-electron chi connectivity index (χ0n) is 12.2. The molecule has 2 aromatic rings. The molecule has 1 atom stereocenters. The van der Waals surface area contributed by atoms with Crippen molar-refractivity contribution in [2.75, 3.05) is 18.5 Å². The zero-order valence-corrected chi connectivity index (χ0v) is 12.2. The molecule has 0 aliphatic rings. The average molecular weight is 272 g/mol. The number of hydrogen-bond donors (Lipinski definition) is 1. The Hall–Kier alpha value is -1.87. The maximum Gasteiger partial charge on any atom is 0.125 e. The molecule has 0 aliphatic heterocycles. The number of rotatable bonds is 4. The molecular weight excluding hydrogens is 251 g/mol. The van der Waals surface area contributed by atoms with Crippen molar-refractivity contribution in [3.8, 4) is 0 Å². The Bertz CT molecular complexity index is 595. The van der Waals surface area contributed by atoms with Gasteiger partial charge in [0, 0.05) is 19.3 Å². The second-order valence-corrected chi connectivity index (χ2v) is 5.20. The summed E-state index contributed by atoms with van der Waals surface area (Å²) in [6.07, 6.45) is 0. The van der Waals surface area contributed by atoms with Crippen LogP contribution in [0.4, 0.5) is 10.1 Å². The smallest absolute Gasteiger partial charge is 0.125 e. The molecule has 2 nitrogen and oxygen atoms in total. The molecule has 20 heavy (non-hydrogen) atoms. The van der Waals surface area contributed by atoms with Gasteiger partial charge in [0.05, 0.1) is 6.04 Å². The minimum atomic E-state index is -0.231. The number of hydrogen-bond acceptors (Lipinski definition) is 2. The second-order valence-electron chi connectivity index (χ2n) is 5.20. The predicted octanol–water partition coefficient (Wildman–Crippen LogP) is 3.58. The highest BCUT2D eigenvalue weighted by Gasteiger charge is 2.18. The van der Waals surface area contributed by atoms with E-state index < -0.39 is 0 Å². The summed E-state index contributed by atoms with van der Waals surface area (Å²) < 4.78 is 13.4. The summed E-state index contributed by atoms with van der Waals surface area (Å²) in [6, 6.07) is 13.0. The van der Waals surface area contributed by atoms with Crippen LogP contribution in [-0.2, 0) is 0 Å². The van der Waals surface area contributed by atoms with E-state index in [0.717, 1.165) is 5.69 Å².